The van der Waals surface area contributed by atoms with E-state index in [1.807, 2.05) is 30.5 Å². The third-order valence-corrected chi connectivity index (χ3v) is 3.93. The molecular weight excluding hydrogens is 256 g/mol. The van der Waals surface area contributed by atoms with Crippen LogP contribution in [0.3, 0.4) is 0 Å². The maximum atomic E-state index is 11.9. The number of carbonyl (C=O) groups is 1. The van der Waals surface area contributed by atoms with E-state index < -0.39 is 0 Å². The highest BCUT2D eigenvalue weighted by Gasteiger charge is 2.11. The number of aryl methyl sites for hydroxylation is 1. The summed E-state index contributed by atoms with van der Waals surface area (Å²) >= 11 is 1.58. The van der Waals surface area contributed by atoms with Crippen molar-refractivity contribution in [2.24, 2.45) is 0 Å². The summed E-state index contributed by atoms with van der Waals surface area (Å²) < 4.78 is 0. The third kappa shape index (κ3) is 4.17. The number of hydrogen-bond acceptors (Lipinski definition) is 3. The molecule has 2 aromatic rings. The molecule has 0 unspecified atom stereocenters. The van der Waals surface area contributed by atoms with Gasteiger partial charge in [0.1, 0.15) is 5.01 Å². The van der Waals surface area contributed by atoms with Gasteiger partial charge in [-0.1, -0.05) is 37.3 Å². The molecule has 2 rings (SSSR count). The zero-order chi connectivity index (χ0) is 13.7. The highest BCUT2D eigenvalue weighted by molar-refractivity contribution is 7.09. The minimum absolute atomic E-state index is 0.0733. The molecule has 3 nitrogen and oxygen atoms in total. The molecule has 0 fully saturated rings. The number of aromatic nitrogens is 1. The smallest absolute Gasteiger partial charge is 0.220 e. The Kier molecular flexibility index (Phi) is 4.68. The van der Waals surface area contributed by atoms with Gasteiger partial charge in [0.25, 0.3) is 0 Å². The van der Waals surface area contributed by atoms with E-state index in [-0.39, 0.29) is 11.8 Å². The molecule has 1 heterocycles. The number of benzene rings is 1. The van der Waals surface area contributed by atoms with Gasteiger partial charge in [-0.3, -0.25) is 4.79 Å². The molecule has 4 heteroatoms. The van der Waals surface area contributed by atoms with Gasteiger partial charge >= 0.3 is 0 Å². The van der Waals surface area contributed by atoms with Crippen LogP contribution in [-0.2, 0) is 11.3 Å². The zero-order valence-electron chi connectivity index (χ0n) is 11.2. The van der Waals surface area contributed by atoms with Crippen LogP contribution in [0.4, 0.5) is 0 Å². The van der Waals surface area contributed by atoms with E-state index in [1.54, 1.807) is 11.3 Å². The van der Waals surface area contributed by atoms with E-state index in [4.69, 9.17) is 0 Å². The number of thiazole rings is 1. The molecule has 0 spiro atoms. The minimum atomic E-state index is 0.0733. The van der Waals surface area contributed by atoms with Crippen molar-refractivity contribution in [1.82, 2.24) is 10.3 Å². The lowest BCUT2D eigenvalue weighted by Crippen LogP contribution is -2.24. The van der Waals surface area contributed by atoms with Crippen molar-refractivity contribution < 1.29 is 4.79 Å². The number of hydrogen-bond donors (Lipinski definition) is 1. The van der Waals surface area contributed by atoms with Crippen LogP contribution in [-0.4, -0.2) is 10.9 Å². The summed E-state index contributed by atoms with van der Waals surface area (Å²) in [5.74, 6) is 0.309. The lowest BCUT2D eigenvalue weighted by atomic mass is 9.98. The van der Waals surface area contributed by atoms with Crippen LogP contribution < -0.4 is 5.32 Å². The van der Waals surface area contributed by atoms with Crippen molar-refractivity contribution in [2.75, 3.05) is 0 Å². The molecule has 1 atom stereocenters. The SMILES string of the molecule is Cc1csc(CNC(=O)C[C@H](C)c2ccccc2)n1. The quantitative estimate of drug-likeness (QED) is 0.909. The molecule has 1 amide bonds. The number of amides is 1. The van der Waals surface area contributed by atoms with Crippen molar-refractivity contribution in [2.45, 2.75) is 32.7 Å². The van der Waals surface area contributed by atoms with E-state index in [1.165, 1.54) is 5.56 Å². The van der Waals surface area contributed by atoms with Crippen LogP contribution in [0.5, 0.6) is 0 Å². The molecule has 0 aliphatic heterocycles. The number of rotatable bonds is 5. The highest BCUT2D eigenvalue weighted by Crippen LogP contribution is 2.18. The predicted molar refractivity (Wildman–Crippen MR) is 78.2 cm³/mol. The van der Waals surface area contributed by atoms with Gasteiger partial charge in [-0.2, -0.15) is 0 Å². The summed E-state index contributed by atoms with van der Waals surface area (Å²) in [7, 11) is 0. The van der Waals surface area contributed by atoms with Crippen LogP contribution in [0.2, 0.25) is 0 Å². The first-order valence-electron chi connectivity index (χ1n) is 6.38. The van der Waals surface area contributed by atoms with Gasteiger partial charge in [0, 0.05) is 17.5 Å². The summed E-state index contributed by atoms with van der Waals surface area (Å²) in [6.45, 7) is 4.56. The van der Waals surface area contributed by atoms with Crippen LogP contribution in [0.1, 0.15) is 35.5 Å². The van der Waals surface area contributed by atoms with Gasteiger partial charge in [-0.25, -0.2) is 4.98 Å². The second kappa shape index (κ2) is 6.48. The molecule has 0 aliphatic rings. The van der Waals surface area contributed by atoms with Crippen LogP contribution >= 0.6 is 11.3 Å². The van der Waals surface area contributed by atoms with E-state index in [9.17, 15) is 4.79 Å². The molecule has 100 valence electrons. The normalized spacial score (nSPS) is 12.1. The summed E-state index contributed by atoms with van der Waals surface area (Å²) in [5.41, 5.74) is 2.20. The van der Waals surface area contributed by atoms with Gasteiger partial charge in [0.2, 0.25) is 5.91 Å². The van der Waals surface area contributed by atoms with Gasteiger partial charge in [-0.15, -0.1) is 11.3 Å². The Hall–Kier alpha value is -1.68. The first-order chi connectivity index (χ1) is 9.15. The second-order valence-corrected chi connectivity index (χ2v) is 5.62. The third-order valence-electron chi connectivity index (χ3n) is 2.96. The molecule has 1 N–H and O–H groups in total. The maximum absolute atomic E-state index is 11.9. The first-order valence-corrected chi connectivity index (χ1v) is 7.26. The molecule has 0 saturated heterocycles. The highest BCUT2D eigenvalue weighted by atomic mass is 32.1. The zero-order valence-corrected chi connectivity index (χ0v) is 12.0. The van der Waals surface area contributed by atoms with Crippen molar-refractivity contribution in [3.63, 3.8) is 0 Å². The van der Waals surface area contributed by atoms with Gasteiger partial charge < -0.3 is 5.32 Å². The van der Waals surface area contributed by atoms with Crippen LogP contribution in [0.25, 0.3) is 0 Å². The van der Waals surface area contributed by atoms with E-state index >= 15 is 0 Å². The Bertz CT molecular complexity index is 536. The standard InChI is InChI=1S/C15H18N2OS/c1-11(13-6-4-3-5-7-13)8-14(18)16-9-15-17-12(2)10-19-15/h3-7,10-11H,8-9H2,1-2H3,(H,16,18)/t11-/m0/s1. The number of carbonyl (C=O) groups excluding carboxylic acids is 1. The molecule has 0 aliphatic carbocycles. The fourth-order valence-corrected chi connectivity index (χ4v) is 2.62. The Labute approximate surface area is 117 Å². The van der Waals surface area contributed by atoms with E-state index in [2.05, 4.69) is 29.4 Å². The average molecular weight is 274 g/mol. The molecule has 0 saturated carbocycles. The first kappa shape index (κ1) is 13.7. The monoisotopic (exact) mass is 274 g/mol. The largest absolute Gasteiger partial charge is 0.350 e. The maximum Gasteiger partial charge on any atom is 0.220 e. The van der Waals surface area contributed by atoms with Crippen molar-refractivity contribution in [3.8, 4) is 0 Å². The Morgan fingerprint density at radius 2 is 2.11 bits per heavy atom. The molecule has 0 bridgehead atoms. The predicted octanol–water partition coefficient (Wildman–Crippen LogP) is 3.26. The van der Waals surface area contributed by atoms with Crippen molar-refractivity contribution >= 4 is 17.2 Å². The number of nitrogens with one attached hydrogen (secondary N) is 1. The lowest BCUT2D eigenvalue weighted by molar-refractivity contribution is -0.121. The summed E-state index contributed by atoms with van der Waals surface area (Å²) in [4.78, 5) is 16.2. The Balaban J connectivity index is 1.81. The second-order valence-electron chi connectivity index (χ2n) is 4.68. The van der Waals surface area contributed by atoms with Gasteiger partial charge in [0.05, 0.1) is 6.54 Å². The lowest BCUT2D eigenvalue weighted by Gasteiger charge is -2.11. The molecule has 1 aromatic heterocycles. The van der Waals surface area contributed by atoms with Crippen LogP contribution in [0, 0.1) is 6.92 Å². The Morgan fingerprint density at radius 3 is 2.74 bits per heavy atom. The molecular formula is C15H18N2OS. The van der Waals surface area contributed by atoms with Crippen molar-refractivity contribution in [1.29, 1.82) is 0 Å². The molecule has 1 aromatic carbocycles. The minimum Gasteiger partial charge on any atom is -0.350 e. The topological polar surface area (TPSA) is 42.0 Å². The van der Waals surface area contributed by atoms with Crippen LogP contribution in [0.15, 0.2) is 35.7 Å². The number of nitrogens with zero attached hydrogens (tertiary/aromatic N) is 1. The average Bonchev–Trinajstić information content (AvgIpc) is 2.83. The molecule has 19 heavy (non-hydrogen) atoms. The Morgan fingerprint density at radius 1 is 1.37 bits per heavy atom. The van der Waals surface area contributed by atoms with Gasteiger partial charge in [-0.05, 0) is 18.4 Å². The fraction of sp³-hybridized carbons (Fsp3) is 0.333. The molecule has 0 radical (unpaired) electrons. The van der Waals surface area contributed by atoms with E-state index in [0.29, 0.717) is 13.0 Å². The summed E-state index contributed by atoms with van der Waals surface area (Å²) in [5, 5.41) is 5.87. The van der Waals surface area contributed by atoms with E-state index in [0.717, 1.165) is 10.7 Å². The van der Waals surface area contributed by atoms with Gasteiger partial charge in [0.15, 0.2) is 0 Å². The van der Waals surface area contributed by atoms with Crippen molar-refractivity contribution in [3.05, 3.63) is 52.0 Å². The summed E-state index contributed by atoms with van der Waals surface area (Å²) in [6.07, 6.45) is 0.508. The fourth-order valence-electron chi connectivity index (χ4n) is 1.91. The summed E-state index contributed by atoms with van der Waals surface area (Å²) in [6, 6.07) is 10.1.